The first-order valence-electron chi connectivity index (χ1n) is 7.99. The number of rotatable bonds is 4. The maximum atomic E-state index is 13.8. The number of amides is 1. The molecular formula is C17H21Cl2FN2O2. The summed E-state index contributed by atoms with van der Waals surface area (Å²) in [6, 6.07) is 5.00. The first-order chi connectivity index (χ1) is 11.3. The fourth-order valence-corrected chi connectivity index (χ4v) is 3.85. The molecule has 0 radical (unpaired) electrons. The molecule has 1 aromatic carbocycles. The van der Waals surface area contributed by atoms with Gasteiger partial charge in [-0.05, 0) is 31.0 Å². The Bertz CT molecular complexity index is 647. The molecule has 2 aliphatic rings. The van der Waals surface area contributed by atoms with Crippen LogP contribution in [-0.2, 0) is 11.3 Å². The van der Waals surface area contributed by atoms with Crippen molar-refractivity contribution in [1.82, 2.24) is 9.80 Å². The minimum absolute atomic E-state index is 0.0302. The predicted molar refractivity (Wildman–Crippen MR) is 92.0 cm³/mol. The smallest absolute Gasteiger partial charge is 0.231 e. The molecule has 3 rings (SSSR count). The SMILES string of the molecule is COc1ccc(CN2CCN(C(=O)C3(C)CC3(Cl)Cl)CC2)cc1F. The van der Waals surface area contributed by atoms with Crippen molar-refractivity contribution in [3.05, 3.63) is 29.6 Å². The number of carbonyl (C=O) groups excluding carboxylic acids is 1. The molecule has 1 unspecified atom stereocenters. The van der Waals surface area contributed by atoms with E-state index in [4.69, 9.17) is 27.9 Å². The van der Waals surface area contributed by atoms with Crippen LogP contribution < -0.4 is 4.74 Å². The Balaban J connectivity index is 1.54. The number of benzene rings is 1. The van der Waals surface area contributed by atoms with Crippen molar-refractivity contribution in [2.24, 2.45) is 5.41 Å². The zero-order valence-corrected chi connectivity index (χ0v) is 15.3. The maximum absolute atomic E-state index is 13.8. The standard InChI is InChI=1S/C17H21Cl2FN2O2/c1-16(11-17(16,18)19)15(23)22-7-5-21(6-8-22)10-12-3-4-14(24-2)13(20)9-12/h3-4,9H,5-8,10-11H2,1-2H3. The van der Waals surface area contributed by atoms with E-state index in [1.165, 1.54) is 13.2 Å². The summed E-state index contributed by atoms with van der Waals surface area (Å²) in [6.45, 7) is 5.23. The highest BCUT2D eigenvalue weighted by Gasteiger charge is 2.68. The zero-order valence-electron chi connectivity index (χ0n) is 13.8. The van der Waals surface area contributed by atoms with Crippen molar-refractivity contribution < 1.29 is 13.9 Å². The van der Waals surface area contributed by atoms with E-state index in [1.807, 2.05) is 17.9 Å². The molecular weight excluding hydrogens is 354 g/mol. The van der Waals surface area contributed by atoms with Crippen LogP contribution in [0.2, 0.25) is 0 Å². The Morgan fingerprint density at radius 3 is 2.42 bits per heavy atom. The number of methoxy groups -OCH3 is 1. The lowest BCUT2D eigenvalue weighted by atomic mass is 10.1. The molecule has 24 heavy (non-hydrogen) atoms. The molecule has 0 spiro atoms. The number of hydrogen-bond acceptors (Lipinski definition) is 3. The lowest BCUT2D eigenvalue weighted by Crippen LogP contribution is -2.50. The number of hydrogen-bond donors (Lipinski definition) is 0. The molecule has 1 heterocycles. The van der Waals surface area contributed by atoms with Gasteiger partial charge in [-0.1, -0.05) is 6.07 Å². The topological polar surface area (TPSA) is 32.8 Å². The first kappa shape index (κ1) is 17.8. The van der Waals surface area contributed by atoms with E-state index >= 15 is 0 Å². The van der Waals surface area contributed by atoms with Crippen molar-refractivity contribution in [2.75, 3.05) is 33.3 Å². The van der Waals surface area contributed by atoms with Crippen LogP contribution in [0.25, 0.3) is 0 Å². The molecule has 4 nitrogen and oxygen atoms in total. The number of carbonyl (C=O) groups is 1. The summed E-state index contributed by atoms with van der Waals surface area (Å²) in [5.41, 5.74) is 0.236. The van der Waals surface area contributed by atoms with E-state index in [2.05, 4.69) is 4.90 Å². The Labute approximate surface area is 151 Å². The molecule has 1 saturated heterocycles. The van der Waals surface area contributed by atoms with Gasteiger partial charge in [0.1, 0.15) is 4.33 Å². The van der Waals surface area contributed by atoms with Gasteiger partial charge in [0.2, 0.25) is 5.91 Å². The molecule has 132 valence electrons. The molecule has 1 atom stereocenters. The molecule has 1 aliphatic heterocycles. The Morgan fingerprint density at radius 1 is 1.29 bits per heavy atom. The van der Waals surface area contributed by atoms with Crippen molar-refractivity contribution in [2.45, 2.75) is 24.2 Å². The monoisotopic (exact) mass is 374 g/mol. The van der Waals surface area contributed by atoms with Crippen molar-refractivity contribution in [1.29, 1.82) is 0 Å². The van der Waals surface area contributed by atoms with Crippen molar-refractivity contribution >= 4 is 29.1 Å². The molecule has 0 N–H and O–H groups in total. The predicted octanol–water partition coefficient (Wildman–Crippen LogP) is 3.06. The van der Waals surface area contributed by atoms with Crippen molar-refractivity contribution in [3.8, 4) is 5.75 Å². The van der Waals surface area contributed by atoms with Crippen LogP contribution in [0.1, 0.15) is 18.9 Å². The normalized spacial score (nSPS) is 26.3. The van der Waals surface area contributed by atoms with Crippen LogP contribution >= 0.6 is 23.2 Å². The second-order valence-corrected chi connectivity index (χ2v) is 8.23. The van der Waals surface area contributed by atoms with Crippen LogP contribution in [0.4, 0.5) is 4.39 Å². The Kier molecular flexibility index (Phi) is 4.71. The summed E-state index contributed by atoms with van der Waals surface area (Å²) in [5, 5.41) is 0. The van der Waals surface area contributed by atoms with Gasteiger partial charge in [-0.15, -0.1) is 23.2 Å². The van der Waals surface area contributed by atoms with E-state index in [1.54, 1.807) is 6.07 Å². The van der Waals surface area contributed by atoms with E-state index in [0.29, 0.717) is 26.1 Å². The largest absolute Gasteiger partial charge is 0.494 e. The molecule has 1 aliphatic carbocycles. The summed E-state index contributed by atoms with van der Waals surface area (Å²) >= 11 is 12.2. The van der Waals surface area contributed by atoms with Gasteiger partial charge in [-0.25, -0.2) is 4.39 Å². The third-order valence-electron chi connectivity index (χ3n) is 5.01. The van der Waals surface area contributed by atoms with Crippen LogP contribution in [0.3, 0.4) is 0 Å². The number of halogens is 3. The zero-order chi connectivity index (χ0) is 17.5. The minimum Gasteiger partial charge on any atom is -0.494 e. The van der Waals surface area contributed by atoms with Crippen LogP contribution in [-0.4, -0.2) is 53.3 Å². The van der Waals surface area contributed by atoms with Crippen LogP contribution in [0.15, 0.2) is 18.2 Å². The van der Waals surface area contributed by atoms with Gasteiger partial charge >= 0.3 is 0 Å². The summed E-state index contributed by atoms with van der Waals surface area (Å²) in [6.07, 6.45) is 0.507. The van der Waals surface area contributed by atoms with Gasteiger partial charge in [0.15, 0.2) is 11.6 Å². The number of nitrogens with zero attached hydrogens (tertiary/aromatic N) is 2. The molecule has 0 aromatic heterocycles. The first-order valence-corrected chi connectivity index (χ1v) is 8.74. The second-order valence-electron chi connectivity index (χ2n) is 6.75. The quantitative estimate of drug-likeness (QED) is 0.759. The van der Waals surface area contributed by atoms with Gasteiger partial charge in [-0.2, -0.15) is 0 Å². The van der Waals surface area contributed by atoms with Gasteiger partial charge in [0.25, 0.3) is 0 Å². The van der Waals surface area contributed by atoms with Crippen LogP contribution in [0.5, 0.6) is 5.75 Å². The fraction of sp³-hybridized carbons (Fsp3) is 0.588. The molecule has 2 fully saturated rings. The summed E-state index contributed by atoms with van der Waals surface area (Å²) in [7, 11) is 1.45. The molecule has 7 heteroatoms. The average Bonchev–Trinajstić information content (AvgIpc) is 3.07. The van der Waals surface area contributed by atoms with Gasteiger partial charge in [0, 0.05) is 32.7 Å². The molecule has 1 saturated carbocycles. The highest BCUT2D eigenvalue weighted by Crippen LogP contribution is 2.64. The number of alkyl halides is 2. The van der Waals surface area contributed by atoms with Gasteiger partial charge in [0.05, 0.1) is 12.5 Å². The Morgan fingerprint density at radius 2 is 1.92 bits per heavy atom. The number of ether oxygens (including phenoxy) is 1. The highest BCUT2D eigenvalue weighted by atomic mass is 35.5. The molecule has 0 bridgehead atoms. The van der Waals surface area contributed by atoms with Crippen LogP contribution in [0, 0.1) is 11.2 Å². The average molecular weight is 375 g/mol. The highest BCUT2D eigenvalue weighted by molar-refractivity contribution is 6.53. The summed E-state index contributed by atoms with van der Waals surface area (Å²) in [4.78, 5) is 16.6. The molecule has 1 aromatic rings. The van der Waals surface area contributed by atoms with E-state index in [-0.39, 0.29) is 17.5 Å². The lowest BCUT2D eigenvalue weighted by molar-refractivity contribution is -0.138. The third-order valence-corrected chi connectivity index (χ3v) is 6.11. The van der Waals surface area contributed by atoms with Gasteiger partial charge < -0.3 is 9.64 Å². The maximum Gasteiger partial charge on any atom is 0.231 e. The van der Waals surface area contributed by atoms with Gasteiger partial charge in [-0.3, -0.25) is 9.69 Å². The third kappa shape index (κ3) is 3.22. The van der Waals surface area contributed by atoms with E-state index < -0.39 is 9.75 Å². The van der Waals surface area contributed by atoms with Crippen molar-refractivity contribution in [3.63, 3.8) is 0 Å². The molecule has 1 amide bonds. The second kappa shape index (κ2) is 6.36. The Hall–Kier alpha value is -1.04. The lowest BCUT2D eigenvalue weighted by Gasteiger charge is -2.36. The number of piperazine rings is 1. The van der Waals surface area contributed by atoms with E-state index in [0.717, 1.165) is 18.7 Å². The van der Waals surface area contributed by atoms with E-state index in [9.17, 15) is 9.18 Å². The summed E-state index contributed by atoms with van der Waals surface area (Å²) < 4.78 is 17.8. The minimum atomic E-state index is -0.929. The summed E-state index contributed by atoms with van der Waals surface area (Å²) in [5.74, 6) is -0.0776. The fourth-order valence-electron chi connectivity index (χ4n) is 3.16.